The Bertz CT molecular complexity index is 1480. The molecule has 0 unspecified atom stereocenters. The van der Waals surface area contributed by atoms with Crippen molar-refractivity contribution in [1.82, 2.24) is 9.66 Å². The van der Waals surface area contributed by atoms with Gasteiger partial charge in [0.1, 0.15) is 17.3 Å². The minimum atomic E-state index is -0.993. The number of furan rings is 1. The molecule has 0 aliphatic carbocycles. The van der Waals surface area contributed by atoms with Gasteiger partial charge in [-0.3, -0.25) is 4.79 Å². The van der Waals surface area contributed by atoms with Crippen LogP contribution in [0.15, 0.2) is 67.3 Å². The summed E-state index contributed by atoms with van der Waals surface area (Å²) in [4.78, 5) is 29.4. The van der Waals surface area contributed by atoms with Crippen molar-refractivity contribution in [2.75, 3.05) is 0 Å². The van der Waals surface area contributed by atoms with Crippen LogP contribution in [0.3, 0.4) is 0 Å². The average molecular weight is 508 g/mol. The van der Waals surface area contributed by atoms with Gasteiger partial charge in [-0.25, -0.2) is 9.78 Å². The number of halogens is 1. The number of aromatic nitrogens is 2. The maximum absolute atomic E-state index is 13.2. The zero-order valence-electron chi connectivity index (χ0n) is 18.6. The van der Waals surface area contributed by atoms with Gasteiger partial charge in [0.05, 0.1) is 22.7 Å². The van der Waals surface area contributed by atoms with Gasteiger partial charge in [0.15, 0.2) is 0 Å². The van der Waals surface area contributed by atoms with Gasteiger partial charge in [0, 0.05) is 15.5 Å². The molecule has 0 saturated heterocycles. The second-order valence-electron chi connectivity index (χ2n) is 8.69. The molecule has 2 aromatic carbocycles. The average Bonchev–Trinajstić information content (AvgIpc) is 3.21. The number of nitrogens with zero attached hydrogens (tertiary/aromatic N) is 3. The fourth-order valence-electron chi connectivity index (χ4n) is 3.56. The van der Waals surface area contributed by atoms with Crippen LogP contribution in [0, 0.1) is 6.92 Å². The number of carboxylic acid groups (broad SMARTS) is 1. The molecule has 0 spiro atoms. The number of rotatable bonds is 4. The molecular weight excluding hydrogens is 486 g/mol. The van der Waals surface area contributed by atoms with Gasteiger partial charge in [0.2, 0.25) is 0 Å². The van der Waals surface area contributed by atoms with Gasteiger partial charge in [0.25, 0.3) is 5.56 Å². The molecule has 0 atom stereocenters. The second-order valence-corrected chi connectivity index (χ2v) is 9.61. The molecule has 168 valence electrons. The van der Waals surface area contributed by atoms with Crippen LogP contribution in [0.1, 0.15) is 48.3 Å². The fraction of sp³-hybridized carbons (Fsp3) is 0.200. The first-order valence-electron chi connectivity index (χ1n) is 10.3. The zero-order valence-corrected chi connectivity index (χ0v) is 20.2. The van der Waals surface area contributed by atoms with E-state index < -0.39 is 11.4 Å². The summed E-state index contributed by atoms with van der Waals surface area (Å²) in [7, 11) is 0. The summed E-state index contributed by atoms with van der Waals surface area (Å²) in [6, 6.07) is 13.9. The highest BCUT2D eigenvalue weighted by Crippen LogP contribution is 2.28. The molecule has 4 aromatic rings. The molecule has 2 heterocycles. The zero-order chi connectivity index (χ0) is 23.9. The Balaban J connectivity index is 1.78. The Morgan fingerprint density at radius 3 is 2.64 bits per heavy atom. The summed E-state index contributed by atoms with van der Waals surface area (Å²) < 4.78 is 7.97. The number of carbonyl (C=O) groups is 1. The summed E-state index contributed by atoms with van der Waals surface area (Å²) in [5, 5.41) is 14.2. The number of carboxylic acids is 1. The quantitative estimate of drug-likeness (QED) is 0.362. The Labute approximate surface area is 198 Å². The normalized spacial score (nSPS) is 12.0. The third-order valence-electron chi connectivity index (χ3n) is 5.24. The van der Waals surface area contributed by atoms with Crippen molar-refractivity contribution in [1.29, 1.82) is 0 Å². The van der Waals surface area contributed by atoms with Crippen LogP contribution in [0.5, 0.6) is 0 Å². The summed E-state index contributed by atoms with van der Waals surface area (Å²) >= 11 is 3.40. The van der Waals surface area contributed by atoms with Crippen LogP contribution in [0.25, 0.3) is 22.2 Å². The first-order chi connectivity index (χ1) is 15.6. The van der Waals surface area contributed by atoms with Crippen molar-refractivity contribution in [3.63, 3.8) is 0 Å². The van der Waals surface area contributed by atoms with Crippen molar-refractivity contribution in [2.24, 2.45) is 5.10 Å². The van der Waals surface area contributed by atoms with Crippen LogP contribution >= 0.6 is 15.9 Å². The van der Waals surface area contributed by atoms with E-state index in [0.717, 1.165) is 4.47 Å². The predicted octanol–water partition coefficient (Wildman–Crippen LogP) is 5.61. The molecule has 7 nitrogen and oxygen atoms in total. The van der Waals surface area contributed by atoms with E-state index in [0.29, 0.717) is 39.4 Å². The number of fused-ring (bicyclic) bond motifs is 1. The summed E-state index contributed by atoms with van der Waals surface area (Å²) in [5.74, 6) is 0.467. The second kappa shape index (κ2) is 8.44. The van der Waals surface area contributed by atoms with E-state index in [1.165, 1.54) is 10.9 Å². The van der Waals surface area contributed by atoms with Crippen LogP contribution in [0.4, 0.5) is 0 Å². The monoisotopic (exact) mass is 507 g/mol. The van der Waals surface area contributed by atoms with Crippen molar-refractivity contribution in [3.05, 3.63) is 86.1 Å². The SMILES string of the molecule is Cc1c(C(=O)O)cccc1-c1ccc(C=Nn2c(C(C)(C)C)nc3ccc(Br)cc3c2=O)o1. The highest BCUT2D eigenvalue weighted by atomic mass is 79.9. The minimum Gasteiger partial charge on any atom is -0.478 e. The lowest BCUT2D eigenvalue weighted by Gasteiger charge is -2.20. The van der Waals surface area contributed by atoms with Crippen molar-refractivity contribution in [3.8, 4) is 11.3 Å². The van der Waals surface area contributed by atoms with Gasteiger partial charge < -0.3 is 9.52 Å². The predicted molar refractivity (Wildman–Crippen MR) is 131 cm³/mol. The van der Waals surface area contributed by atoms with Crippen molar-refractivity contribution >= 4 is 39.0 Å². The van der Waals surface area contributed by atoms with Crippen LogP contribution < -0.4 is 5.56 Å². The topological polar surface area (TPSA) is 97.7 Å². The molecule has 2 aromatic heterocycles. The van der Waals surface area contributed by atoms with E-state index in [-0.39, 0.29) is 11.1 Å². The summed E-state index contributed by atoms with van der Waals surface area (Å²) in [5.41, 5.74) is 1.40. The molecule has 8 heteroatoms. The van der Waals surface area contributed by atoms with E-state index in [9.17, 15) is 14.7 Å². The lowest BCUT2D eigenvalue weighted by atomic mass is 9.95. The smallest absolute Gasteiger partial charge is 0.335 e. The van der Waals surface area contributed by atoms with Gasteiger partial charge in [-0.15, -0.1) is 0 Å². The van der Waals surface area contributed by atoms with Gasteiger partial charge in [-0.2, -0.15) is 9.78 Å². The minimum absolute atomic E-state index is 0.217. The summed E-state index contributed by atoms with van der Waals surface area (Å²) in [6.07, 6.45) is 1.46. The number of hydrogen-bond acceptors (Lipinski definition) is 5. The van der Waals surface area contributed by atoms with Crippen LogP contribution in [-0.4, -0.2) is 27.0 Å². The molecule has 33 heavy (non-hydrogen) atoms. The highest BCUT2D eigenvalue weighted by molar-refractivity contribution is 9.10. The highest BCUT2D eigenvalue weighted by Gasteiger charge is 2.23. The Hall–Kier alpha value is -3.52. The van der Waals surface area contributed by atoms with Gasteiger partial charge in [-0.1, -0.05) is 48.8 Å². The lowest BCUT2D eigenvalue weighted by Crippen LogP contribution is -2.29. The maximum atomic E-state index is 13.2. The fourth-order valence-corrected chi connectivity index (χ4v) is 3.92. The van der Waals surface area contributed by atoms with Crippen molar-refractivity contribution < 1.29 is 14.3 Å². The Kier molecular flexibility index (Phi) is 5.80. The molecule has 0 amide bonds. The lowest BCUT2D eigenvalue weighted by molar-refractivity contribution is 0.0696. The summed E-state index contributed by atoms with van der Waals surface area (Å²) in [6.45, 7) is 7.64. The van der Waals surface area contributed by atoms with E-state index in [1.54, 1.807) is 49.4 Å². The molecule has 0 radical (unpaired) electrons. The molecular formula is C25H22BrN3O4. The van der Waals surface area contributed by atoms with E-state index >= 15 is 0 Å². The molecule has 4 rings (SSSR count). The Morgan fingerprint density at radius 1 is 1.18 bits per heavy atom. The molecule has 0 fully saturated rings. The van der Waals surface area contributed by atoms with Crippen LogP contribution in [0.2, 0.25) is 0 Å². The molecule has 1 N–H and O–H groups in total. The largest absolute Gasteiger partial charge is 0.478 e. The standard InChI is InChI=1S/C25H22BrN3O4/c1-14-17(6-5-7-18(14)23(31)32)21-11-9-16(33-21)13-27-29-22(30)19-12-15(26)8-10-20(19)28-24(29)25(2,3)4/h5-13H,1-4H3,(H,31,32). The van der Waals surface area contributed by atoms with E-state index in [1.807, 2.05) is 26.8 Å². The Morgan fingerprint density at radius 2 is 1.94 bits per heavy atom. The number of benzene rings is 2. The first kappa shape index (κ1) is 22.7. The first-order valence-corrected chi connectivity index (χ1v) is 11.1. The molecule has 0 aliphatic rings. The third-order valence-corrected chi connectivity index (χ3v) is 5.73. The van der Waals surface area contributed by atoms with Crippen molar-refractivity contribution in [2.45, 2.75) is 33.1 Å². The number of aromatic carboxylic acids is 1. The third kappa shape index (κ3) is 4.39. The number of hydrogen-bond donors (Lipinski definition) is 1. The molecule has 0 saturated carbocycles. The van der Waals surface area contributed by atoms with E-state index in [4.69, 9.17) is 9.40 Å². The molecule has 0 bridgehead atoms. The van der Waals surface area contributed by atoms with E-state index in [2.05, 4.69) is 21.0 Å². The maximum Gasteiger partial charge on any atom is 0.335 e. The molecule has 0 aliphatic heterocycles. The van der Waals surface area contributed by atoms with Gasteiger partial charge >= 0.3 is 5.97 Å². The van der Waals surface area contributed by atoms with Gasteiger partial charge in [-0.05, 0) is 48.9 Å². The van der Waals surface area contributed by atoms with Crippen LogP contribution in [-0.2, 0) is 5.41 Å².